The van der Waals surface area contributed by atoms with Crippen LogP contribution >= 0.6 is 0 Å². The Morgan fingerprint density at radius 2 is 1.86 bits per heavy atom. The van der Waals surface area contributed by atoms with Gasteiger partial charge in [-0.1, -0.05) is 18.2 Å². The van der Waals surface area contributed by atoms with E-state index in [0.717, 1.165) is 6.07 Å². The minimum atomic E-state index is -1.07. The van der Waals surface area contributed by atoms with Crippen molar-refractivity contribution in [2.75, 3.05) is 0 Å². The molecule has 2 aromatic carbocycles. The fraction of sp³-hybridized carbons (Fsp3) is 0.0667. The number of carbonyl (C=O) groups excluding carboxylic acids is 1. The summed E-state index contributed by atoms with van der Waals surface area (Å²) in [6.07, 6.45) is 0. The van der Waals surface area contributed by atoms with Crippen LogP contribution in [0.5, 0.6) is 5.75 Å². The SMILES string of the molecule is NC(=O)c1ccc(OCc2ccccc2C(=O)O)cc1F. The molecule has 0 radical (unpaired) electrons. The summed E-state index contributed by atoms with van der Waals surface area (Å²) in [5, 5.41) is 9.04. The lowest BCUT2D eigenvalue weighted by atomic mass is 10.1. The highest BCUT2D eigenvalue weighted by molar-refractivity contribution is 5.93. The molecule has 0 aromatic heterocycles. The summed E-state index contributed by atoms with van der Waals surface area (Å²) >= 11 is 0. The molecule has 2 rings (SSSR count). The molecule has 0 aliphatic carbocycles. The van der Waals surface area contributed by atoms with E-state index in [2.05, 4.69) is 0 Å². The average Bonchev–Trinajstić information content (AvgIpc) is 2.45. The van der Waals surface area contributed by atoms with Gasteiger partial charge in [-0.3, -0.25) is 4.79 Å². The first-order valence-corrected chi connectivity index (χ1v) is 6.02. The molecule has 0 spiro atoms. The lowest BCUT2D eigenvalue weighted by Crippen LogP contribution is -2.13. The van der Waals surface area contributed by atoms with E-state index in [9.17, 15) is 14.0 Å². The number of hydrogen-bond acceptors (Lipinski definition) is 3. The first-order valence-electron chi connectivity index (χ1n) is 6.02. The third-order valence-corrected chi connectivity index (χ3v) is 2.85. The van der Waals surface area contributed by atoms with Crippen molar-refractivity contribution in [1.29, 1.82) is 0 Å². The van der Waals surface area contributed by atoms with Crippen molar-refractivity contribution < 1.29 is 23.8 Å². The summed E-state index contributed by atoms with van der Waals surface area (Å²) in [7, 11) is 0. The van der Waals surface area contributed by atoms with Gasteiger partial charge in [-0.05, 0) is 18.2 Å². The molecule has 0 saturated heterocycles. The first kappa shape index (κ1) is 14.5. The highest BCUT2D eigenvalue weighted by atomic mass is 19.1. The second-order valence-electron chi connectivity index (χ2n) is 4.26. The number of aromatic carboxylic acids is 1. The predicted molar refractivity (Wildman–Crippen MR) is 72.7 cm³/mol. The van der Waals surface area contributed by atoms with Crippen LogP contribution in [0.1, 0.15) is 26.3 Å². The van der Waals surface area contributed by atoms with E-state index in [1.165, 1.54) is 18.2 Å². The Hall–Kier alpha value is -2.89. The average molecular weight is 289 g/mol. The number of carbonyl (C=O) groups is 2. The molecule has 0 fully saturated rings. The van der Waals surface area contributed by atoms with Crippen molar-refractivity contribution >= 4 is 11.9 Å². The summed E-state index contributed by atoms with van der Waals surface area (Å²) in [4.78, 5) is 21.9. The van der Waals surface area contributed by atoms with E-state index in [4.69, 9.17) is 15.6 Å². The molecule has 108 valence electrons. The van der Waals surface area contributed by atoms with Gasteiger partial charge in [0.05, 0.1) is 11.1 Å². The van der Waals surface area contributed by atoms with Crippen molar-refractivity contribution in [2.24, 2.45) is 5.73 Å². The smallest absolute Gasteiger partial charge is 0.336 e. The van der Waals surface area contributed by atoms with Gasteiger partial charge in [-0.2, -0.15) is 0 Å². The van der Waals surface area contributed by atoms with E-state index < -0.39 is 17.7 Å². The van der Waals surface area contributed by atoms with E-state index in [1.54, 1.807) is 18.2 Å². The molecule has 0 aliphatic rings. The van der Waals surface area contributed by atoms with Crippen LogP contribution in [0.15, 0.2) is 42.5 Å². The number of rotatable bonds is 5. The van der Waals surface area contributed by atoms with Gasteiger partial charge in [0, 0.05) is 11.6 Å². The minimum Gasteiger partial charge on any atom is -0.489 e. The molecular weight excluding hydrogens is 277 g/mol. The third kappa shape index (κ3) is 3.36. The van der Waals surface area contributed by atoms with Gasteiger partial charge in [0.2, 0.25) is 0 Å². The van der Waals surface area contributed by atoms with Crippen molar-refractivity contribution in [3.8, 4) is 5.75 Å². The zero-order valence-electron chi connectivity index (χ0n) is 10.9. The minimum absolute atomic E-state index is 0.0299. The molecule has 0 saturated carbocycles. The second-order valence-corrected chi connectivity index (χ2v) is 4.26. The topological polar surface area (TPSA) is 89.6 Å². The molecule has 0 bridgehead atoms. The van der Waals surface area contributed by atoms with Gasteiger partial charge in [0.25, 0.3) is 5.91 Å². The maximum absolute atomic E-state index is 13.6. The fourth-order valence-corrected chi connectivity index (χ4v) is 1.80. The van der Waals surface area contributed by atoms with Crippen LogP contribution in [0.4, 0.5) is 4.39 Å². The van der Waals surface area contributed by atoms with Crippen LogP contribution in [0.2, 0.25) is 0 Å². The van der Waals surface area contributed by atoms with E-state index >= 15 is 0 Å². The molecule has 0 atom stereocenters. The van der Waals surface area contributed by atoms with E-state index in [1.807, 2.05) is 0 Å². The van der Waals surface area contributed by atoms with E-state index in [0.29, 0.717) is 5.56 Å². The largest absolute Gasteiger partial charge is 0.489 e. The zero-order valence-corrected chi connectivity index (χ0v) is 10.9. The van der Waals surface area contributed by atoms with Gasteiger partial charge in [-0.15, -0.1) is 0 Å². The van der Waals surface area contributed by atoms with Crippen LogP contribution in [-0.2, 0) is 6.61 Å². The van der Waals surface area contributed by atoms with Gasteiger partial charge in [0.15, 0.2) is 0 Å². The lowest BCUT2D eigenvalue weighted by molar-refractivity contribution is 0.0693. The number of ether oxygens (including phenoxy) is 1. The number of carboxylic acid groups (broad SMARTS) is 1. The molecular formula is C15H12FNO4. The molecule has 3 N–H and O–H groups in total. The van der Waals surface area contributed by atoms with Gasteiger partial charge >= 0.3 is 5.97 Å². The molecule has 2 aromatic rings. The molecule has 21 heavy (non-hydrogen) atoms. The van der Waals surface area contributed by atoms with Crippen LogP contribution in [-0.4, -0.2) is 17.0 Å². The summed E-state index contributed by atoms with van der Waals surface area (Å²) < 4.78 is 18.9. The Morgan fingerprint density at radius 3 is 2.48 bits per heavy atom. The molecule has 1 amide bonds. The quantitative estimate of drug-likeness (QED) is 0.883. The van der Waals surface area contributed by atoms with Crippen molar-refractivity contribution in [2.45, 2.75) is 6.61 Å². The molecule has 0 heterocycles. The Labute approximate surface area is 119 Å². The van der Waals surface area contributed by atoms with E-state index in [-0.39, 0.29) is 23.5 Å². The molecule has 0 aliphatic heterocycles. The number of nitrogens with two attached hydrogens (primary N) is 1. The lowest BCUT2D eigenvalue weighted by Gasteiger charge is -2.09. The summed E-state index contributed by atoms with van der Waals surface area (Å²) in [6, 6.07) is 10.00. The molecule has 6 heteroatoms. The van der Waals surface area contributed by atoms with Crippen molar-refractivity contribution in [1.82, 2.24) is 0 Å². The molecule has 5 nitrogen and oxygen atoms in total. The van der Waals surface area contributed by atoms with Crippen molar-refractivity contribution in [3.63, 3.8) is 0 Å². The van der Waals surface area contributed by atoms with Crippen molar-refractivity contribution in [3.05, 3.63) is 65.0 Å². The Bertz CT molecular complexity index is 700. The first-order chi connectivity index (χ1) is 9.99. The second kappa shape index (κ2) is 6.04. The maximum atomic E-state index is 13.6. The number of amides is 1. The van der Waals surface area contributed by atoms with Crippen LogP contribution < -0.4 is 10.5 Å². The zero-order chi connectivity index (χ0) is 15.4. The normalized spacial score (nSPS) is 10.1. The number of carboxylic acids is 1. The van der Waals surface area contributed by atoms with Crippen LogP contribution in [0, 0.1) is 5.82 Å². The Balaban J connectivity index is 2.16. The van der Waals surface area contributed by atoms with Crippen LogP contribution in [0.25, 0.3) is 0 Å². The highest BCUT2D eigenvalue weighted by Crippen LogP contribution is 2.19. The van der Waals surface area contributed by atoms with Gasteiger partial charge in [0.1, 0.15) is 18.2 Å². The third-order valence-electron chi connectivity index (χ3n) is 2.85. The summed E-state index contributed by atoms with van der Waals surface area (Å²) in [5.41, 5.74) is 5.35. The number of benzene rings is 2. The summed E-state index contributed by atoms with van der Waals surface area (Å²) in [6.45, 7) is -0.0299. The standard InChI is InChI=1S/C15H12FNO4/c16-13-7-10(5-6-12(13)14(17)18)21-8-9-3-1-2-4-11(9)15(19)20/h1-7H,8H2,(H2,17,18)(H,19,20). The molecule has 0 unspecified atom stereocenters. The maximum Gasteiger partial charge on any atom is 0.336 e. The monoisotopic (exact) mass is 289 g/mol. The predicted octanol–water partition coefficient (Wildman–Crippen LogP) is 2.20. The van der Waals surface area contributed by atoms with Crippen LogP contribution in [0.3, 0.4) is 0 Å². The Kier molecular flexibility index (Phi) is 4.18. The number of primary amides is 1. The number of halogens is 1. The van der Waals surface area contributed by atoms with Gasteiger partial charge in [-0.25, -0.2) is 9.18 Å². The highest BCUT2D eigenvalue weighted by Gasteiger charge is 2.11. The summed E-state index contributed by atoms with van der Waals surface area (Å²) in [5.74, 6) is -2.54. The van der Waals surface area contributed by atoms with Gasteiger partial charge < -0.3 is 15.6 Å². The fourth-order valence-electron chi connectivity index (χ4n) is 1.80. The number of hydrogen-bond donors (Lipinski definition) is 2. The Morgan fingerprint density at radius 1 is 1.14 bits per heavy atom.